The van der Waals surface area contributed by atoms with Gasteiger partial charge in [-0.2, -0.15) is 0 Å². The van der Waals surface area contributed by atoms with Crippen molar-refractivity contribution in [3.05, 3.63) is 12.7 Å². The van der Waals surface area contributed by atoms with Crippen molar-refractivity contribution >= 4 is 12.2 Å². The standard InChI is InChI=1S/C12H20N2O4/c1-3-9-14(10-7-5-4-6-8-10)12(16)18-13-11(15)17-2/h3,10H,1,4-9H2,2H3,(H,13,15). The number of nitrogens with zero attached hydrogens (tertiary/aromatic N) is 1. The summed E-state index contributed by atoms with van der Waals surface area (Å²) in [6, 6.07) is 0.156. The molecule has 0 radical (unpaired) electrons. The third-order valence-corrected chi connectivity index (χ3v) is 2.98. The van der Waals surface area contributed by atoms with Crippen LogP contribution in [0.1, 0.15) is 32.1 Å². The van der Waals surface area contributed by atoms with Gasteiger partial charge in [-0.25, -0.2) is 9.59 Å². The van der Waals surface area contributed by atoms with Gasteiger partial charge in [0.25, 0.3) is 0 Å². The number of carbonyl (C=O) groups is 2. The van der Waals surface area contributed by atoms with Crippen LogP contribution in [0.5, 0.6) is 0 Å². The van der Waals surface area contributed by atoms with Gasteiger partial charge in [0.1, 0.15) is 0 Å². The average molecular weight is 256 g/mol. The average Bonchev–Trinajstić information content (AvgIpc) is 2.42. The van der Waals surface area contributed by atoms with Gasteiger partial charge in [-0.05, 0) is 12.8 Å². The van der Waals surface area contributed by atoms with Crippen molar-refractivity contribution in [3.63, 3.8) is 0 Å². The summed E-state index contributed by atoms with van der Waals surface area (Å²) >= 11 is 0. The van der Waals surface area contributed by atoms with Crippen LogP contribution in [0, 0.1) is 0 Å². The third kappa shape index (κ3) is 4.27. The molecule has 1 aliphatic rings. The number of hydroxylamine groups is 1. The van der Waals surface area contributed by atoms with E-state index in [1.54, 1.807) is 11.0 Å². The molecule has 6 nitrogen and oxygen atoms in total. The van der Waals surface area contributed by atoms with Crippen molar-refractivity contribution in [2.45, 2.75) is 38.1 Å². The number of nitrogens with one attached hydrogen (secondary N) is 1. The predicted octanol–water partition coefficient (Wildman–Crippen LogP) is 2.21. The van der Waals surface area contributed by atoms with Crippen molar-refractivity contribution in [1.29, 1.82) is 0 Å². The molecule has 0 unspecified atom stereocenters. The summed E-state index contributed by atoms with van der Waals surface area (Å²) in [5.74, 6) is 0. The van der Waals surface area contributed by atoms with Crippen LogP contribution in [-0.2, 0) is 9.57 Å². The molecule has 1 fully saturated rings. The molecule has 0 aliphatic heterocycles. The molecule has 0 heterocycles. The van der Waals surface area contributed by atoms with Gasteiger partial charge < -0.3 is 9.57 Å². The highest BCUT2D eigenvalue weighted by Crippen LogP contribution is 2.22. The third-order valence-electron chi connectivity index (χ3n) is 2.98. The molecule has 0 spiro atoms. The molecule has 0 aromatic carbocycles. The largest absolute Gasteiger partial charge is 0.451 e. The van der Waals surface area contributed by atoms with Crippen molar-refractivity contribution in [1.82, 2.24) is 10.4 Å². The zero-order chi connectivity index (χ0) is 13.4. The maximum Gasteiger partial charge on any atom is 0.440 e. The first-order chi connectivity index (χ1) is 8.69. The molecule has 102 valence electrons. The van der Waals surface area contributed by atoms with Crippen molar-refractivity contribution < 1.29 is 19.2 Å². The van der Waals surface area contributed by atoms with Gasteiger partial charge in [0.05, 0.1) is 7.11 Å². The highest BCUT2D eigenvalue weighted by molar-refractivity contribution is 5.72. The molecule has 18 heavy (non-hydrogen) atoms. The second kappa shape index (κ2) is 7.58. The lowest BCUT2D eigenvalue weighted by atomic mass is 9.94. The molecule has 1 aliphatic carbocycles. The van der Waals surface area contributed by atoms with Crippen LogP contribution in [0.3, 0.4) is 0 Å². The van der Waals surface area contributed by atoms with E-state index in [0.717, 1.165) is 25.7 Å². The van der Waals surface area contributed by atoms with Crippen LogP contribution in [-0.4, -0.2) is 36.8 Å². The highest BCUT2D eigenvalue weighted by Gasteiger charge is 2.26. The first-order valence-corrected chi connectivity index (χ1v) is 6.11. The topological polar surface area (TPSA) is 67.9 Å². The van der Waals surface area contributed by atoms with E-state index in [0.29, 0.717) is 6.54 Å². The molecule has 1 rings (SSSR count). The number of carbonyl (C=O) groups excluding carboxylic acids is 2. The Morgan fingerprint density at radius 2 is 2.06 bits per heavy atom. The lowest BCUT2D eigenvalue weighted by Crippen LogP contribution is -2.44. The van der Waals surface area contributed by atoms with Crippen molar-refractivity contribution in [2.75, 3.05) is 13.7 Å². The second-order valence-electron chi connectivity index (χ2n) is 4.19. The van der Waals surface area contributed by atoms with E-state index in [-0.39, 0.29) is 6.04 Å². The minimum absolute atomic E-state index is 0.156. The van der Waals surface area contributed by atoms with Gasteiger partial charge >= 0.3 is 12.2 Å². The molecule has 0 saturated heterocycles. The molecule has 0 aromatic rings. The van der Waals surface area contributed by atoms with Gasteiger partial charge in [0.2, 0.25) is 0 Å². The van der Waals surface area contributed by atoms with Crippen LogP contribution >= 0.6 is 0 Å². The Morgan fingerprint density at radius 1 is 1.39 bits per heavy atom. The first kappa shape index (κ1) is 14.3. The normalized spacial score (nSPS) is 15.6. The molecule has 0 bridgehead atoms. The molecule has 1 N–H and O–H groups in total. The molecule has 1 saturated carbocycles. The first-order valence-electron chi connectivity index (χ1n) is 6.11. The van der Waals surface area contributed by atoms with Gasteiger partial charge in [-0.3, -0.25) is 4.90 Å². The van der Waals surface area contributed by atoms with Gasteiger partial charge in [-0.1, -0.05) is 25.3 Å². The summed E-state index contributed by atoms with van der Waals surface area (Å²) in [4.78, 5) is 28.9. The summed E-state index contributed by atoms with van der Waals surface area (Å²) in [6.45, 7) is 4.04. The Morgan fingerprint density at radius 3 is 2.61 bits per heavy atom. The van der Waals surface area contributed by atoms with Gasteiger partial charge in [0, 0.05) is 12.6 Å². The predicted molar refractivity (Wildman–Crippen MR) is 65.8 cm³/mol. The number of ether oxygens (including phenoxy) is 1. The van der Waals surface area contributed by atoms with E-state index >= 15 is 0 Å². The van der Waals surface area contributed by atoms with Crippen LogP contribution in [0.15, 0.2) is 12.7 Å². The Bertz CT molecular complexity index is 300. The quantitative estimate of drug-likeness (QED) is 0.621. The fourth-order valence-corrected chi connectivity index (χ4v) is 2.09. The van der Waals surface area contributed by atoms with E-state index in [1.165, 1.54) is 13.5 Å². The molecule has 2 amide bonds. The van der Waals surface area contributed by atoms with Crippen molar-refractivity contribution in [3.8, 4) is 0 Å². The Balaban J connectivity index is 2.51. The maximum absolute atomic E-state index is 11.8. The molecule has 0 atom stereocenters. The molecule has 0 aromatic heterocycles. The fraction of sp³-hybridized carbons (Fsp3) is 0.667. The van der Waals surface area contributed by atoms with E-state index in [2.05, 4.69) is 16.2 Å². The summed E-state index contributed by atoms with van der Waals surface area (Å²) in [7, 11) is 1.20. The lowest BCUT2D eigenvalue weighted by Gasteiger charge is -2.32. The monoisotopic (exact) mass is 256 g/mol. The van der Waals surface area contributed by atoms with Crippen molar-refractivity contribution in [2.24, 2.45) is 0 Å². The summed E-state index contributed by atoms with van der Waals surface area (Å²) < 4.78 is 4.32. The number of amides is 2. The summed E-state index contributed by atoms with van der Waals surface area (Å²) in [5.41, 5.74) is 1.92. The summed E-state index contributed by atoms with van der Waals surface area (Å²) in [6.07, 6.45) is 5.61. The SMILES string of the molecule is C=CCN(C(=O)ONC(=O)OC)C1CCCCC1. The Kier molecular flexibility index (Phi) is 6.04. The number of methoxy groups -OCH3 is 1. The zero-order valence-electron chi connectivity index (χ0n) is 10.7. The van der Waals surface area contributed by atoms with E-state index in [1.807, 2.05) is 5.48 Å². The van der Waals surface area contributed by atoms with E-state index in [4.69, 9.17) is 0 Å². The smallest absolute Gasteiger partial charge is 0.440 e. The lowest BCUT2D eigenvalue weighted by molar-refractivity contribution is 0.0375. The number of hydrogen-bond acceptors (Lipinski definition) is 4. The fourth-order valence-electron chi connectivity index (χ4n) is 2.09. The minimum atomic E-state index is -0.800. The minimum Gasteiger partial charge on any atom is -0.451 e. The highest BCUT2D eigenvalue weighted by atomic mass is 16.7. The van der Waals surface area contributed by atoms with Crippen LogP contribution < -0.4 is 5.48 Å². The maximum atomic E-state index is 11.8. The van der Waals surface area contributed by atoms with E-state index in [9.17, 15) is 9.59 Å². The Labute approximate surface area is 107 Å². The van der Waals surface area contributed by atoms with Crippen LogP contribution in [0.25, 0.3) is 0 Å². The zero-order valence-corrected chi connectivity index (χ0v) is 10.7. The Hall–Kier alpha value is -1.72. The molecular formula is C12H20N2O4. The molecular weight excluding hydrogens is 236 g/mol. The van der Waals surface area contributed by atoms with Crippen LogP contribution in [0.4, 0.5) is 9.59 Å². The van der Waals surface area contributed by atoms with E-state index < -0.39 is 12.2 Å². The number of rotatable bonds is 3. The van der Waals surface area contributed by atoms with Gasteiger partial charge in [0.15, 0.2) is 0 Å². The number of hydrogen-bond donors (Lipinski definition) is 1. The molecule has 6 heteroatoms. The van der Waals surface area contributed by atoms with Crippen LogP contribution in [0.2, 0.25) is 0 Å². The van der Waals surface area contributed by atoms with Gasteiger partial charge in [-0.15, -0.1) is 12.1 Å². The summed E-state index contributed by atoms with van der Waals surface area (Å²) in [5, 5.41) is 0. The second-order valence-corrected chi connectivity index (χ2v) is 4.19.